The van der Waals surface area contributed by atoms with E-state index in [1.165, 1.54) is 6.07 Å². The minimum Gasteiger partial charge on any atom is -0.335 e. The predicted molar refractivity (Wildman–Crippen MR) is 75.9 cm³/mol. The average Bonchev–Trinajstić information content (AvgIpc) is 3.26. The van der Waals surface area contributed by atoms with Crippen molar-refractivity contribution in [2.24, 2.45) is 5.92 Å². The molecule has 0 spiro atoms. The zero-order valence-corrected chi connectivity index (χ0v) is 12.9. The fourth-order valence-corrected chi connectivity index (χ4v) is 2.80. The summed E-state index contributed by atoms with van der Waals surface area (Å²) in [5, 5.41) is 0. The fourth-order valence-electron chi connectivity index (χ4n) is 2.38. The summed E-state index contributed by atoms with van der Waals surface area (Å²) in [5.41, 5.74) is -0.673. The van der Waals surface area contributed by atoms with Gasteiger partial charge in [0.05, 0.1) is 11.1 Å². The van der Waals surface area contributed by atoms with E-state index in [2.05, 4.69) is 15.9 Å². The van der Waals surface area contributed by atoms with Crippen molar-refractivity contribution in [1.82, 2.24) is 4.90 Å². The highest BCUT2D eigenvalue weighted by atomic mass is 79.9. The molecule has 2 saturated carbocycles. The Morgan fingerprint density at radius 3 is 2.43 bits per heavy atom. The lowest BCUT2D eigenvalue weighted by molar-refractivity contribution is -0.137. The molecule has 0 aromatic heterocycles. The van der Waals surface area contributed by atoms with E-state index in [0.717, 1.165) is 37.8 Å². The van der Waals surface area contributed by atoms with Crippen molar-refractivity contribution < 1.29 is 18.0 Å². The van der Waals surface area contributed by atoms with Crippen LogP contribution in [-0.4, -0.2) is 23.4 Å². The molecule has 3 rings (SSSR count). The molecule has 0 unspecified atom stereocenters. The number of carbonyl (C=O) groups is 1. The van der Waals surface area contributed by atoms with E-state index in [4.69, 9.17) is 0 Å². The average molecular weight is 362 g/mol. The zero-order chi connectivity index (χ0) is 15.2. The number of carbonyl (C=O) groups excluding carboxylic acids is 1. The predicted octanol–water partition coefficient (Wildman–Crippen LogP) is 4.48. The van der Waals surface area contributed by atoms with Gasteiger partial charge >= 0.3 is 6.18 Å². The van der Waals surface area contributed by atoms with Crippen LogP contribution in [0.4, 0.5) is 13.2 Å². The van der Waals surface area contributed by atoms with E-state index in [-0.39, 0.29) is 17.5 Å². The summed E-state index contributed by atoms with van der Waals surface area (Å²) >= 11 is 3.20. The van der Waals surface area contributed by atoms with Gasteiger partial charge in [-0.2, -0.15) is 13.2 Å². The van der Waals surface area contributed by atoms with Crippen molar-refractivity contribution in [2.75, 3.05) is 6.54 Å². The lowest BCUT2D eigenvalue weighted by Gasteiger charge is -2.23. The van der Waals surface area contributed by atoms with Crippen LogP contribution in [0.1, 0.15) is 41.6 Å². The van der Waals surface area contributed by atoms with E-state index >= 15 is 0 Å². The summed E-state index contributed by atoms with van der Waals surface area (Å²) in [6.45, 7) is 0.673. The first-order valence-electron chi connectivity index (χ1n) is 7.04. The summed E-state index contributed by atoms with van der Waals surface area (Å²) < 4.78 is 38.9. The summed E-state index contributed by atoms with van der Waals surface area (Å²) in [6.07, 6.45) is -0.304. The third-order valence-electron chi connectivity index (χ3n) is 3.92. The number of nitrogens with zero attached hydrogens (tertiary/aromatic N) is 1. The van der Waals surface area contributed by atoms with Crippen LogP contribution in [0.25, 0.3) is 0 Å². The molecule has 0 bridgehead atoms. The maximum Gasteiger partial charge on any atom is 0.416 e. The van der Waals surface area contributed by atoms with Gasteiger partial charge in [0.15, 0.2) is 0 Å². The van der Waals surface area contributed by atoms with Gasteiger partial charge in [-0.15, -0.1) is 0 Å². The first kappa shape index (κ1) is 14.9. The van der Waals surface area contributed by atoms with Gasteiger partial charge in [0, 0.05) is 17.1 Å². The van der Waals surface area contributed by atoms with Crippen LogP contribution in [0.5, 0.6) is 0 Å². The molecule has 0 aliphatic heterocycles. The molecular weight excluding hydrogens is 347 g/mol. The molecule has 0 atom stereocenters. The first-order chi connectivity index (χ1) is 9.86. The molecule has 114 valence electrons. The van der Waals surface area contributed by atoms with Gasteiger partial charge in [0.1, 0.15) is 0 Å². The number of halogens is 4. The minimum atomic E-state index is -4.43. The van der Waals surface area contributed by atoms with Gasteiger partial charge in [-0.05, 0) is 65.7 Å². The van der Waals surface area contributed by atoms with Crippen LogP contribution in [0.15, 0.2) is 22.7 Å². The molecule has 0 radical (unpaired) electrons. The highest BCUT2D eigenvalue weighted by Gasteiger charge is 2.38. The molecule has 2 nitrogen and oxygen atoms in total. The number of benzene rings is 1. The topological polar surface area (TPSA) is 20.3 Å². The van der Waals surface area contributed by atoms with Crippen molar-refractivity contribution in [3.63, 3.8) is 0 Å². The molecule has 1 amide bonds. The van der Waals surface area contributed by atoms with E-state index < -0.39 is 11.7 Å². The standard InChI is InChI=1S/C15H15BrF3NO/c16-13-6-3-10(15(17,18)19)7-12(13)14(21)20(11-4-5-11)8-9-1-2-9/h3,6-7,9,11H,1-2,4-5,8H2. The Kier molecular flexibility index (Phi) is 3.76. The van der Waals surface area contributed by atoms with Crippen LogP contribution >= 0.6 is 15.9 Å². The van der Waals surface area contributed by atoms with Crippen molar-refractivity contribution in [3.8, 4) is 0 Å². The highest BCUT2D eigenvalue weighted by Crippen LogP contribution is 2.37. The molecule has 0 heterocycles. The summed E-state index contributed by atoms with van der Waals surface area (Å²) in [4.78, 5) is 14.4. The molecule has 21 heavy (non-hydrogen) atoms. The second-order valence-electron chi connectivity index (χ2n) is 5.82. The van der Waals surface area contributed by atoms with E-state index in [0.29, 0.717) is 16.9 Å². The second-order valence-corrected chi connectivity index (χ2v) is 6.68. The van der Waals surface area contributed by atoms with E-state index in [1.807, 2.05) is 0 Å². The summed E-state index contributed by atoms with van der Waals surface area (Å²) in [5.74, 6) is 0.237. The van der Waals surface area contributed by atoms with Gasteiger partial charge in [0.2, 0.25) is 0 Å². The number of alkyl halides is 3. The zero-order valence-electron chi connectivity index (χ0n) is 11.3. The number of hydrogen-bond acceptors (Lipinski definition) is 1. The van der Waals surface area contributed by atoms with Gasteiger partial charge < -0.3 is 4.90 Å². The van der Waals surface area contributed by atoms with Gasteiger partial charge in [-0.3, -0.25) is 4.79 Å². The van der Waals surface area contributed by atoms with Crippen molar-refractivity contribution in [2.45, 2.75) is 37.9 Å². The maximum absolute atomic E-state index is 12.8. The Balaban J connectivity index is 1.88. The third kappa shape index (κ3) is 3.42. The molecule has 2 aliphatic carbocycles. The lowest BCUT2D eigenvalue weighted by Crippen LogP contribution is -2.35. The molecular formula is C15H15BrF3NO. The highest BCUT2D eigenvalue weighted by molar-refractivity contribution is 9.10. The van der Waals surface area contributed by atoms with Crippen LogP contribution < -0.4 is 0 Å². The summed E-state index contributed by atoms with van der Waals surface area (Å²) in [7, 11) is 0. The molecule has 1 aromatic carbocycles. The molecule has 2 fully saturated rings. The molecule has 1 aromatic rings. The Morgan fingerprint density at radius 2 is 1.90 bits per heavy atom. The molecule has 0 N–H and O–H groups in total. The van der Waals surface area contributed by atoms with Crippen LogP contribution in [0.2, 0.25) is 0 Å². The third-order valence-corrected chi connectivity index (χ3v) is 4.62. The van der Waals surface area contributed by atoms with Gasteiger partial charge in [-0.1, -0.05) is 0 Å². The van der Waals surface area contributed by atoms with Crippen LogP contribution in [0, 0.1) is 5.92 Å². The van der Waals surface area contributed by atoms with Crippen molar-refractivity contribution in [1.29, 1.82) is 0 Å². The first-order valence-corrected chi connectivity index (χ1v) is 7.83. The second kappa shape index (κ2) is 5.30. The van der Waals surface area contributed by atoms with Crippen LogP contribution in [0.3, 0.4) is 0 Å². The SMILES string of the molecule is O=C(c1cc(C(F)(F)F)ccc1Br)N(CC1CC1)C1CC1. The lowest BCUT2D eigenvalue weighted by atomic mass is 10.1. The molecule has 6 heteroatoms. The minimum absolute atomic E-state index is 0.109. The molecule has 2 aliphatic rings. The maximum atomic E-state index is 12.8. The summed E-state index contributed by atoms with van der Waals surface area (Å²) in [6, 6.07) is 3.45. The number of amides is 1. The molecule has 0 saturated heterocycles. The monoisotopic (exact) mass is 361 g/mol. The Bertz CT molecular complexity index is 565. The number of rotatable bonds is 4. The van der Waals surface area contributed by atoms with Crippen LogP contribution in [-0.2, 0) is 6.18 Å². The van der Waals surface area contributed by atoms with Crippen molar-refractivity contribution in [3.05, 3.63) is 33.8 Å². The van der Waals surface area contributed by atoms with Crippen molar-refractivity contribution >= 4 is 21.8 Å². The van der Waals surface area contributed by atoms with E-state index in [1.54, 1.807) is 4.90 Å². The Labute approximate surface area is 129 Å². The number of hydrogen-bond donors (Lipinski definition) is 0. The normalized spacial score (nSPS) is 18.7. The Morgan fingerprint density at radius 1 is 1.24 bits per heavy atom. The quantitative estimate of drug-likeness (QED) is 0.773. The van der Waals surface area contributed by atoms with Gasteiger partial charge in [0.25, 0.3) is 5.91 Å². The Hall–Kier alpha value is -1.04. The van der Waals surface area contributed by atoms with E-state index in [9.17, 15) is 18.0 Å². The smallest absolute Gasteiger partial charge is 0.335 e. The largest absolute Gasteiger partial charge is 0.416 e. The fraction of sp³-hybridized carbons (Fsp3) is 0.533. The van der Waals surface area contributed by atoms with Gasteiger partial charge in [-0.25, -0.2) is 0 Å².